The fourth-order valence-electron chi connectivity index (χ4n) is 1.89. The van der Waals surface area contributed by atoms with Crippen LogP contribution < -0.4 is 5.32 Å². The standard InChI is InChI=1S/C11H16F3N3O4/c1-6(2)17(5-11(12,13)14)10(21)16-4-8(18)15-3-7(16)9(19)20/h6-7H,3-5H2,1-2H3,(H,15,18)(H,19,20). The van der Waals surface area contributed by atoms with Crippen molar-refractivity contribution in [3.05, 3.63) is 0 Å². The number of carboxylic acids is 1. The Labute approximate surface area is 118 Å². The van der Waals surface area contributed by atoms with Crippen LogP contribution in [0.15, 0.2) is 0 Å². The molecule has 1 atom stereocenters. The highest BCUT2D eigenvalue weighted by Crippen LogP contribution is 2.20. The Hall–Kier alpha value is -2.00. The maximum Gasteiger partial charge on any atom is 0.406 e. The molecule has 1 unspecified atom stereocenters. The number of nitrogens with one attached hydrogen (secondary N) is 1. The first kappa shape index (κ1) is 17.1. The van der Waals surface area contributed by atoms with Crippen LogP contribution in [-0.2, 0) is 9.59 Å². The highest BCUT2D eigenvalue weighted by atomic mass is 19.4. The summed E-state index contributed by atoms with van der Waals surface area (Å²) >= 11 is 0. The van der Waals surface area contributed by atoms with E-state index in [1.165, 1.54) is 13.8 Å². The Balaban J connectivity index is 2.98. The number of alkyl halides is 3. The molecule has 0 spiro atoms. The zero-order valence-electron chi connectivity index (χ0n) is 11.5. The summed E-state index contributed by atoms with van der Waals surface area (Å²) in [5.41, 5.74) is 0. The molecular weight excluding hydrogens is 295 g/mol. The van der Waals surface area contributed by atoms with Crippen LogP contribution in [0.25, 0.3) is 0 Å². The second-order valence-electron chi connectivity index (χ2n) is 4.91. The maximum absolute atomic E-state index is 12.5. The van der Waals surface area contributed by atoms with Gasteiger partial charge in [0.1, 0.15) is 19.1 Å². The van der Waals surface area contributed by atoms with Crippen molar-refractivity contribution in [2.45, 2.75) is 32.1 Å². The topological polar surface area (TPSA) is 90.0 Å². The van der Waals surface area contributed by atoms with Gasteiger partial charge in [0.15, 0.2) is 0 Å². The average Bonchev–Trinajstić information content (AvgIpc) is 2.33. The Morgan fingerprint density at radius 2 is 2.05 bits per heavy atom. The molecule has 1 saturated heterocycles. The van der Waals surface area contributed by atoms with Gasteiger partial charge >= 0.3 is 18.2 Å². The van der Waals surface area contributed by atoms with Crippen molar-refractivity contribution >= 4 is 17.9 Å². The number of carbonyl (C=O) groups excluding carboxylic acids is 2. The smallest absolute Gasteiger partial charge is 0.406 e. The molecule has 120 valence electrons. The summed E-state index contributed by atoms with van der Waals surface area (Å²) in [6, 6.07) is -3.30. The molecule has 1 aliphatic heterocycles. The number of hydrogen-bond acceptors (Lipinski definition) is 3. The van der Waals surface area contributed by atoms with Crippen molar-refractivity contribution in [2.75, 3.05) is 19.6 Å². The third kappa shape index (κ3) is 4.50. The van der Waals surface area contributed by atoms with Gasteiger partial charge in [-0.2, -0.15) is 13.2 Å². The summed E-state index contributed by atoms with van der Waals surface area (Å²) in [5.74, 6) is -2.00. The zero-order valence-corrected chi connectivity index (χ0v) is 11.5. The molecule has 0 aromatic heterocycles. The molecule has 1 rings (SSSR count). The first-order valence-electron chi connectivity index (χ1n) is 6.16. The summed E-state index contributed by atoms with van der Waals surface area (Å²) in [7, 11) is 0. The highest BCUT2D eigenvalue weighted by molar-refractivity contribution is 5.90. The van der Waals surface area contributed by atoms with E-state index >= 15 is 0 Å². The van der Waals surface area contributed by atoms with Crippen molar-refractivity contribution < 1.29 is 32.7 Å². The van der Waals surface area contributed by atoms with Gasteiger partial charge in [-0.1, -0.05) is 0 Å². The largest absolute Gasteiger partial charge is 0.480 e. The molecule has 2 N–H and O–H groups in total. The van der Waals surface area contributed by atoms with E-state index in [0.29, 0.717) is 9.80 Å². The third-order valence-corrected chi connectivity index (χ3v) is 2.93. The zero-order chi connectivity index (χ0) is 16.4. The van der Waals surface area contributed by atoms with Crippen LogP contribution >= 0.6 is 0 Å². The number of amides is 3. The minimum absolute atomic E-state index is 0.335. The predicted molar refractivity (Wildman–Crippen MR) is 64.4 cm³/mol. The molecule has 0 radical (unpaired) electrons. The van der Waals surface area contributed by atoms with Crippen LogP contribution in [0.3, 0.4) is 0 Å². The molecule has 0 aromatic carbocycles. The highest BCUT2D eigenvalue weighted by Gasteiger charge is 2.41. The number of nitrogens with zero attached hydrogens (tertiary/aromatic N) is 2. The van der Waals surface area contributed by atoms with Gasteiger partial charge in [-0.3, -0.25) is 9.69 Å². The number of halogens is 3. The molecule has 0 aromatic rings. The van der Waals surface area contributed by atoms with Crippen molar-refractivity contribution in [3.8, 4) is 0 Å². The minimum atomic E-state index is -4.61. The van der Waals surface area contributed by atoms with E-state index in [1.54, 1.807) is 0 Å². The molecule has 10 heteroatoms. The van der Waals surface area contributed by atoms with Gasteiger partial charge in [-0.15, -0.1) is 0 Å². The molecule has 3 amide bonds. The number of piperazine rings is 1. The monoisotopic (exact) mass is 311 g/mol. The van der Waals surface area contributed by atoms with Gasteiger partial charge in [-0.25, -0.2) is 9.59 Å². The number of carbonyl (C=O) groups is 3. The van der Waals surface area contributed by atoms with E-state index in [9.17, 15) is 27.6 Å². The minimum Gasteiger partial charge on any atom is -0.480 e. The summed E-state index contributed by atoms with van der Waals surface area (Å²) in [6.45, 7) is 0.329. The summed E-state index contributed by atoms with van der Waals surface area (Å²) in [4.78, 5) is 35.7. The first-order chi connectivity index (χ1) is 9.53. The Kier molecular flexibility index (Phi) is 5.02. The number of aliphatic carboxylic acids is 1. The molecule has 0 bridgehead atoms. The van der Waals surface area contributed by atoms with Gasteiger partial charge < -0.3 is 15.3 Å². The lowest BCUT2D eigenvalue weighted by Crippen LogP contribution is -2.63. The lowest BCUT2D eigenvalue weighted by molar-refractivity contribution is -0.148. The SMILES string of the molecule is CC(C)N(CC(F)(F)F)C(=O)N1CC(=O)NCC1C(=O)O. The van der Waals surface area contributed by atoms with Crippen LogP contribution in [0.4, 0.5) is 18.0 Å². The van der Waals surface area contributed by atoms with Crippen LogP contribution in [0, 0.1) is 0 Å². The number of carboxylic acid groups (broad SMARTS) is 1. The van der Waals surface area contributed by atoms with E-state index in [0.717, 1.165) is 0 Å². The number of hydrogen-bond donors (Lipinski definition) is 2. The second-order valence-corrected chi connectivity index (χ2v) is 4.91. The van der Waals surface area contributed by atoms with Crippen LogP contribution in [0.5, 0.6) is 0 Å². The fourth-order valence-corrected chi connectivity index (χ4v) is 1.89. The van der Waals surface area contributed by atoms with Crippen LogP contribution in [0.1, 0.15) is 13.8 Å². The van der Waals surface area contributed by atoms with Crippen LogP contribution in [-0.4, -0.2) is 70.7 Å². The number of rotatable bonds is 3. The number of urea groups is 1. The van der Waals surface area contributed by atoms with Gasteiger partial charge in [0, 0.05) is 12.6 Å². The Morgan fingerprint density at radius 3 is 2.48 bits per heavy atom. The van der Waals surface area contributed by atoms with Gasteiger partial charge in [0.25, 0.3) is 0 Å². The van der Waals surface area contributed by atoms with E-state index in [1.807, 2.05) is 0 Å². The summed E-state index contributed by atoms with van der Waals surface area (Å²) in [6.07, 6.45) is -4.61. The predicted octanol–water partition coefficient (Wildman–Crippen LogP) is 0.264. The second kappa shape index (κ2) is 6.19. The fraction of sp³-hybridized carbons (Fsp3) is 0.727. The lowest BCUT2D eigenvalue weighted by Gasteiger charge is -2.38. The summed E-state index contributed by atoms with van der Waals surface area (Å²) in [5, 5.41) is 11.3. The Morgan fingerprint density at radius 1 is 1.48 bits per heavy atom. The van der Waals surface area contributed by atoms with Gasteiger partial charge in [0.05, 0.1) is 0 Å². The molecule has 7 nitrogen and oxygen atoms in total. The van der Waals surface area contributed by atoms with E-state index in [2.05, 4.69) is 5.32 Å². The van der Waals surface area contributed by atoms with Gasteiger partial charge in [-0.05, 0) is 13.8 Å². The van der Waals surface area contributed by atoms with Crippen molar-refractivity contribution in [2.24, 2.45) is 0 Å². The maximum atomic E-state index is 12.5. The molecule has 0 aliphatic carbocycles. The average molecular weight is 311 g/mol. The molecule has 1 fully saturated rings. The van der Waals surface area contributed by atoms with Crippen molar-refractivity contribution in [1.29, 1.82) is 0 Å². The quantitative estimate of drug-likeness (QED) is 0.782. The van der Waals surface area contributed by atoms with Crippen molar-refractivity contribution in [1.82, 2.24) is 15.1 Å². The summed E-state index contributed by atoms with van der Waals surface area (Å²) < 4.78 is 37.6. The third-order valence-electron chi connectivity index (χ3n) is 2.93. The van der Waals surface area contributed by atoms with E-state index in [-0.39, 0.29) is 6.54 Å². The van der Waals surface area contributed by atoms with E-state index < -0.39 is 49.3 Å². The molecule has 21 heavy (non-hydrogen) atoms. The van der Waals surface area contributed by atoms with Crippen LogP contribution in [0.2, 0.25) is 0 Å². The Bertz CT molecular complexity index is 439. The molecule has 1 aliphatic rings. The van der Waals surface area contributed by atoms with Gasteiger partial charge in [0.2, 0.25) is 5.91 Å². The first-order valence-corrected chi connectivity index (χ1v) is 6.16. The normalized spacial score (nSPS) is 19.4. The lowest BCUT2D eigenvalue weighted by atomic mass is 10.2. The van der Waals surface area contributed by atoms with Crippen molar-refractivity contribution in [3.63, 3.8) is 0 Å². The molecular formula is C11H16F3N3O4. The molecule has 1 heterocycles. The van der Waals surface area contributed by atoms with E-state index in [4.69, 9.17) is 5.11 Å². The molecule has 0 saturated carbocycles.